The van der Waals surface area contributed by atoms with E-state index in [1.165, 1.54) is 0 Å². The van der Waals surface area contributed by atoms with Gasteiger partial charge in [0.1, 0.15) is 5.54 Å². The van der Waals surface area contributed by atoms with Gasteiger partial charge in [-0.25, -0.2) is 0 Å². The van der Waals surface area contributed by atoms with Crippen molar-refractivity contribution in [1.29, 1.82) is 0 Å². The number of hydrogen-bond donors (Lipinski definition) is 2. The van der Waals surface area contributed by atoms with E-state index in [1.807, 2.05) is 13.8 Å². The van der Waals surface area contributed by atoms with Crippen LogP contribution in [0.4, 0.5) is 0 Å². The number of nitrogens with zero attached hydrogens (tertiary/aromatic N) is 1. The molecule has 1 aliphatic heterocycles. The Bertz CT molecular complexity index is 323. The first-order valence-electron chi connectivity index (χ1n) is 8.22. The van der Waals surface area contributed by atoms with Crippen LogP contribution in [0.5, 0.6) is 0 Å². The molecule has 0 aromatic carbocycles. The molecule has 1 aliphatic rings. The molecule has 0 amide bonds. The number of unbranched alkanes of at least 4 members (excludes halogenated alkanes) is 1. The van der Waals surface area contributed by atoms with Gasteiger partial charge < -0.3 is 9.84 Å². The van der Waals surface area contributed by atoms with Crippen molar-refractivity contribution in [2.75, 3.05) is 26.3 Å². The van der Waals surface area contributed by atoms with E-state index in [4.69, 9.17) is 4.74 Å². The Morgan fingerprint density at radius 2 is 2.19 bits per heavy atom. The number of carbonyl (C=O) groups is 1. The fourth-order valence-corrected chi connectivity index (χ4v) is 3.03. The summed E-state index contributed by atoms with van der Waals surface area (Å²) in [6, 6.07) is 0.702. The number of rotatable bonds is 9. The van der Waals surface area contributed by atoms with Crippen molar-refractivity contribution in [2.24, 2.45) is 0 Å². The molecular weight excluding hydrogens is 268 g/mol. The van der Waals surface area contributed by atoms with Gasteiger partial charge in [-0.05, 0) is 53.0 Å². The van der Waals surface area contributed by atoms with E-state index < -0.39 is 11.5 Å². The summed E-state index contributed by atoms with van der Waals surface area (Å²) in [6.45, 7) is 11.6. The second-order valence-corrected chi connectivity index (χ2v) is 6.57. The minimum Gasteiger partial charge on any atom is -0.480 e. The Hall–Kier alpha value is -0.650. The van der Waals surface area contributed by atoms with Crippen LogP contribution in [-0.2, 0) is 9.53 Å². The molecule has 0 spiro atoms. The highest BCUT2D eigenvalue weighted by atomic mass is 16.5. The fraction of sp³-hybridized carbons (Fsp3) is 0.938. The SMILES string of the molecule is CCC1COCCN1CCCCC(C)(NC(C)C)C(=O)O. The molecule has 2 atom stereocenters. The number of aliphatic carboxylic acids is 1. The molecule has 5 heteroatoms. The fourth-order valence-electron chi connectivity index (χ4n) is 3.03. The van der Waals surface area contributed by atoms with Crippen molar-refractivity contribution in [2.45, 2.75) is 71.0 Å². The molecule has 2 unspecified atom stereocenters. The van der Waals surface area contributed by atoms with Gasteiger partial charge in [-0.3, -0.25) is 15.0 Å². The van der Waals surface area contributed by atoms with Gasteiger partial charge in [0.05, 0.1) is 13.2 Å². The van der Waals surface area contributed by atoms with Gasteiger partial charge in [0, 0.05) is 18.6 Å². The molecule has 1 heterocycles. The molecule has 0 bridgehead atoms. The van der Waals surface area contributed by atoms with Crippen molar-refractivity contribution in [3.63, 3.8) is 0 Å². The highest BCUT2D eigenvalue weighted by Gasteiger charge is 2.32. The minimum atomic E-state index is -0.816. The van der Waals surface area contributed by atoms with Gasteiger partial charge in [-0.1, -0.05) is 6.92 Å². The van der Waals surface area contributed by atoms with Crippen molar-refractivity contribution in [1.82, 2.24) is 10.2 Å². The van der Waals surface area contributed by atoms with Crippen LogP contribution in [0.3, 0.4) is 0 Å². The van der Waals surface area contributed by atoms with Crippen LogP contribution in [0, 0.1) is 0 Å². The molecule has 1 fully saturated rings. The predicted molar refractivity (Wildman–Crippen MR) is 84.6 cm³/mol. The van der Waals surface area contributed by atoms with Crippen LogP contribution in [0.2, 0.25) is 0 Å². The van der Waals surface area contributed by atoms with Crippen molar-refractivity contribution in [3.05, 3.63) is 0 Å². The molecular formula is C16H32N2O3. The standard InChI is InChI=1S/C16H32N2O3/c1-5-14-12-21-11-10-18(14)9-7-6-8-16(4,15(19)20)17-13(2)3/h13-14,17H,5-12H2,1-4H3,(H,19,20). The molecule has 124 valence electrons. The van der Waals surface area contributed by atoms with Gasteiger partial charge >= 0.3 is 5.97 Å². The van der Waals surface area contributed by atoms with Gasteiger partial charge in [0.15, 0.2) is 0 Å². The highest BCUT2D eigenvalue weighted by Crippen LogP contribution is 2.17. The first-order valence-corrected chi connectivity index (χ1v) is 8.22. The molecule has 5 nitrogen and oxygen atoms in total. The zero-order valence-electron chi connectivity index (χ0n) is 14.0. The van der Waals surface area contributed by atoms with E-state index in [2.05, 4.69) is 17.1 Å². The van der Waals surface area contributed by atoms with E-state index in [1.54, 1.807) is 6.92 Å². The topological polar surface area (TPSA) is 61.8 Å². The van der Waals surface area contributed by atoms with E-state index in [0.29, 0.717) is 12.5 Å². The Morgan fingerprint density at radius 1 is 1.48 bits per heavy atom. The lowest BCUT2D eigenvalue weighted by Gasteiger charge is -2.35. The van der Waals surface area contributed by atoms with Gasteiger partial charge in [-0.2, -0.15) is 0 Å². The molecule has 2 N–H and O–H groups in total. The third-order valence-corrected chi connectivity index (χ3v) is 4.27. The maximum atomic E-state index is 11.5. The van der Waals surface area contributed by atoms with Crippen molar-refractivity contribution < 1.29 is 14.6 Å². The van der Waals surface area contributed by atoms with Crippen LogP contribution < -0.4 is 5.32 Å². The molecule has 0 saturated carbocycles. The lowest BCUT2D eigenvalue weighted by molar-refractivity contribution is -0.144. The summed E-state index contributed by atoms with van der Waals surface area (Å²) in [6.07, 6.45) is 3.75. The maximum absolute atomic E-state index is 11.5. The molecule has 0 aromatic rings. The van der Waals surface area contributed by atoms with E-state index >= 15 is 0 Å². The number of morpholine rings is 1. The molecule has 0 aliphatic carbocycles. The average molecular weight is 300 g/mol. The highest BCUT2D eigenvalue weighted by molar-refractivity contribution is 5.78. The van der Waals surface area contributed by atoms with E-state index in [-0.39, 0.29) is 6.04 Å². The third-order valence-electron chi connectivity index (χ3n) is 4.27. The van der Waals surface area contributed by atoms with Crippen LogP contribution in [0.1, 0.15) is 53.4 Å². The summed E-state index contributed by atoms with van der Waals surface area (Å²) in [5.74, 6) is -0.756. The van der Waals surface area contributed by atoms with Gasteiger partial charge in [0.25, 0.3) is 0 Å². The summed E-state index contributed by atoms with van der Waals surface area (Å²) in [7, 11) is 0. The maximum Gasteiger partial charge on any atom is 0.323 e. The quantitative estimate of drug-likeness (QED) is 0.639. The van der Waals surface area contributed by atoms with E-state index in [9.17, 15) is 9.90 Å². The van der Waals surface area contributed by atoms with Crippen LogP contribution in [0.15, 0.2) is 0 Å². The lowest BCUT2D eigenvalue weighted by atomic mass is 9.93. The molecule has 0 aromatic heterocycles. The van der Waals surface area contributed by atoms with Gasteiger partial charge in [0.2, 0.25) is 0 Å². The molecule has 0 radical (unpaired) electrons. The van der Waals surface area contributed by atoms with E-state index in [0.717, 1.165) is 45.6 Å². The second-order valence-electron chi connectivity index (χ2n) is 6.57. The van der Waals surface area contributed by atoms with Crippen molar-refractivity contribution >= 4 is 5.97 Å². The first-order chi connectivity index (χ1) is 9.89. The zero-order chi connectivity index (χ0) is 15.9. The normalized spacial score (nSPS) is 23.2. The summed E-state index contributed by atoms with van der Waals surface area (Å²) in [5, 5.41) is 12.6. The van der Waals surface area contributed by atoms with Crippen LogP contribution in [-0.4, -0.2) is 59.9 Å². The number of carboxylic acid groups (broad SMARTS) is 1. The Balaban J connectivity index is 2.35. The average Bonchev–Trinajstić information content (AvgIpc) is 2.43. The first kappa shape index (κ1) is 18.4. The Morgan fingerprint density at radius 3 is 2.76 bits per heavy atom. The lowest BCUT2D eigenvalue weighted by Crippen LogP contribution is -2.52. The molecule has 21 heavy (non-hydrogen) atoms. The number of hydrogen-bond acceptors (Lipinski definition) is 4. The Labute approximate surface area is 129 Å². The largest absolute Gasteiger partial charge is 0.480 e. The monoisotopic (exact) mass is 300 g/mol. The predicted octanol–water partition coefficient (Wildman–Crippen LogP) is 2.11. The van der Waals surface area contributed by atoms with Crippen LogP contribution in [0.25, 0.3) is 0 Å². The molecule has 1 saturated heterocycles. The summed E-state index contributed by atoms with van der Waals surface area (Å²) in [5.41, 5.74) is -0.816. The smallest absolute Gasteiger partial charge is 0.323 e. The number of ether oxygens (including phenoxy) is 1. The van der Waals surface area contributed by atoms with Crippen molar-refractivity contribution in [3.8, 4) is 0 Å². The number of nitrogens with one attached hydrogen (secondary N) is 1. The van der Waals surface area contributed by atoms with Gasteiger partial charge in [-0.15, -0.1) is 0 Å². The minimum absolute atomic E-state index is 0.176. The third kappa shape index (κ3) is 5.93. The summed E-state index contributed by atoms with van der Waals surface area (Å²) >= 11 is 0. The summed E-state index contributed by atoms with van der Waals surface area (Å²) < 4.78 is 5.51. The molecule has 1 rings (SSSR count). The second kappa shape index (κ2) is 8.71. The zero-order valence-corrected chi connectivity index (χ0v) is 14.0. The summed E-state index contributed by atoms with van der Waals surface area (Å²) in [4.78, 5) is 13.9. The van der Waals surface area contributed by atoms with Crippen LogP contribution >= 0.6 is 0 Å². The number of carboxylic acids is 1. The Kier molecular flexibility index (Phi) is 7.63.